The first-order chi connectivity index (χ1) is 13.6. The van der Waals surface area contributed by atoms with Gasteiger partial charge in [0, 0.05) is 19.0 Å². The third-order valence-electron chi connectivity index (χ3n) is 5.10. The summed E-state index contributed by atoms with van der Waals surface area (Å²) in [6.07, 6.45) is 4.67. The van der Waals surface area contributed by atoms with Crippen LogP contribution in [0.5, 0.6) is 0 Å². The topological polar surface area (TPSA) is 89.9 Å². The quantitative estimate of drug-likeness (QED) is 0.666. The number of nitrogens with zero attached hydrogens (tertiary/aromatic N) is 6. The molecule has 1 aliphatic heterocycles. The Labute approximate surface area is 164 Å². The third-order valence-corrected chi connectivity index (χ3v) is 5.41. The first-order valence-corrected chi connectivity index (χ1v) is 9.46. The maximum Gasteiger partial charge on any atom is 0.280 e. The van der Waals surface area contributed by atoms with Crippen LogP contribution in [0.4, 0.5) is 4.39 Å². The molecular formula is C18H16ClFN6O2. The SMILES string of the molecule is O=C(c1ccc(F)cc1Cl)N1CC[C@@H](n2cc(-c3nc(C4CC4)no3)nn2)C1. The molecule has 3 heterocycles. The van der Waals surface area contributed by atoms with Crippen molar-refractivity contribution in [3.8, 4) is 11.6 Å². The Morgan fingerprint density at radius 3 is 2.93 bits per heavy atom. The molecule has 2 aliphatic rings. The summed E-state index contributed by atoms with van der Waals surface area (Å²) in [6, 6.07) is 3.77. The fourth-order valence-electron chi connectivity index (χ4n) is 3.37. The van der Waals surface area contributed by atoms with Crippen molar-refractivity contribution < 1.29 is 13.7 Å². The van der Waals surface area contributed by atoms with E-state index in [0.29, 0.717) is 36.2 Å². The second-order valence-corrected chi connectivity index (χ2v) is 7.54. The number of hydrogen-bond acceptors (Lipinski definition) is 6. The molecule has 0 unspecified atom stereocenters. The van der Waals surface area contributed by atoms with Crippen LogP contribution in [-0.2, 0) is 0 Å². The standard InChI is InChI=1S/C18H16ClFN6O2/c19-14-7-11(20)3-4-13(14)18(27)25-6-5-12(8-25)26-9-15(22-24-26)17-21-16(23-28-17)10-1-2-10/h3-4,7,9-10,12H,1-2,5-6,8H2/t12-/m1/s1. The number of hydrogen-bond donors (Lipinski definition) is 0. The van der Waals surface area contributed by atoms with Gasteiger partial charge in [-0.1, -0.05) is 22.0 Å². The van der Waals surface area contributed by atoms with E-state index >= 15 is 0 Å². The van der Waals surface area contributed by atoms with E-state index in [9.17, 15) is 9.18 Å². The lowest BCUT2D eigenvalue weighted by Gasteiger charge is -2.17. The molecule has 1 amide bonds. The number of benzene rings is 1. The molecule has 1 saturated heterocycles. The Morgan fingerprint density at radius 1 is 1.29 bits per heavy atom. The highest BCUT2D eigenvalue weighted by atomic mass is 35.5. The van der Waals surface area contributed by atoms with Gasteiger partial charge in [0.25, 0.3) is 11.8 Å². The zero-order valence-corrected chi connectivity index (χ0v) is 15.5. The maximum atomic E-state index is 13.2. The van der Waals surface area contributed by atoms with Crippen LogP contribution < -0.4 is 0 Å². The highest BCUT2D eigenvalue weighted by Gasteiger charge is 2.31. The summed E-state index contributed by atoms with van der Waals surface area (Å²) in [6.45, 7) is 1.02. The predicted molar refractivity (Wildman–Crippen MR) is 96.3 cm³/mol. The lowest BCUT2D eigenvalue weighted by atomic mass is 10.2. The summed E-state index contributed by atoms with van der Waals surface area (Å²) >= 11 is 6.02. The smallest absolute Gasteiger partial charge is 0.280 e. The monoisotopic (exact) mass is 402 g/mol. The van der Waals surface area contributed by atoms with Gasteiger partial charge in [0.05, 0.1) is 22.8 Å². The van der Waals surface area contributed by atoms with Gasteiger partial charge >= 0.3 is 0 Å². The zero-order valence-electron chi connectivity index (χ0n) is 14.8. The Bertz CT molecular complexity index is 1050. The Morgan fingerprint density at radius 2 is 2.14 bits per heavy atom. The lowest BCUT2D eigenvalue weighted by Crippen LogP contribution is -2.29. The predicted octanol–water partition coefficient (Wildman–Crippen LogP) is 3.09. The summed E-state index contributed by atoms with van der Waals surface area (Å²) in [5, 5.41) is 12.4. The Hall–Kier alpha value is -2.81. The van der Waals surface area contributed by atoms with Crippen LogP contribution >= 0.6 is 11.6 Å². The minimum absolute atomic E-state index is 0.0183. The van der Waals surface area contributed by atoms with Crippen molar-refractivity contribution in [2.45, 2.75) is 31.2 Å². The van der Waals surface area contributed by atoms with Gasteiger partial charge in [-0.15, -0.1) is 5.10 Å². The van der Waals surface area contributed by atoms with Gasteiger partial charge in [0.15, 0.2) is 11.5 Å². The van der Waals surface area contributed by atoms with Gasteiger partial charge in [0.2, 0.25) is 0 Å². The molecule has 2 fully saturated rings. The van der Waals surface area contributed by atoms with Crippen molar-refractivity contribution in [3.63, 3.8) is 0 Å². The van der Waals surface area contributed by atoms with Crippen LogP contribution in [0, 0.1) is 5.82 Å². The molecule has 8 nitrogen and oxygen atoms in total. The van der Waals surface area contributed by atoms with E-state index in [0.717, 1.165) is 31.2 Å². The van der Waals surface area contributed by atoms with Gasteiger partial charge < -0.3 is 9.42 Å². The van der Waals surface area contributed by atoms with E-state index in [2.05, 4.69) is 20.5 Å². The van der Waals surface area contributed by atoms with Crippen LogP contribution in [0.25, 0.3) is 11.6 Å². The number of halogens is 2. The summed E-state index contributed by atoms with van der Waals surface area (Å²) in [5.41, 5.74) is 0.812. The molecule has 1 saturated carbocycles. The fourth-order valence-corrected chi connectivity index (χ4v) is 3.62. The summed E-state index contributed by atoms with van der Waals surface area (Å²) in [7, 11) is 0. The molecule has 28 heavy (non-hydrogen) atoms. The molecule has 0 bridgehead atoms. The summed E-state index contributed by atoms with van der Waals surface area (Å²) in [4.78, 5) is 18.8. The molecule has 10 heteroatoms. The van der Waals surface area contributed by atoms with Gasteiger partial charge in [-0.3, -0.25) is 4.79 Å². The van der Waals surface area contributed by atoms with Gasteiger partial charge in [0.1, 0.15) is 5.82 Å². The number of carbonyl (C=O) groups is 1. The molecular weight excluding hydrogens is 387 g/mol. The van der Waals surface area contributed by atoms with Crippen LogP contribution in [0.2, 0.25) is 5.02 Å². The zero-order chi connectivity index (χ0) is 19.3. The highest BCUT2D eigenvalue weighted by molar-refractivity contribution is 6.33. The minimum Gasteiger partial charge on any atom is -0.336 e. The molecule has 144 valence electrons. The third kappa shape index (κ3) is 3.15. The molecule has 0 spiro atoms. The van der Waals surface area contributed by atoms with E-state index in [-0.39, 0.29) is 17.0 Å². The Balaban J connectivity index is 1.29. The van der Waals surface area contributed by atoms with E-state index in [1.54, 1.807) is 15.8 Å². The molecule has 5 rings (SSSR count). The van der Waals surface area contributed by atoms with Crippen molar-refractivity contribution >= 4 is 17.5 Å². The second kappa shape index (κ2) is 6.66. The van der Waals surface area contributed by atoms with Gasteiger partial charge in [-0.2, -0.15) is 4.98 Å². The van der Waals surface area contributed by atoms with Crippen LogP contribution in [0.1, 0.15) is 47.4 Å². The number of rotatable bonds is 4. The molecule has 2 aromatic heterocycles. The van der Waals surface area contributed by atoms with Gasteiger partial charge in [-0.25, -0.2) is 9.07 Å². The normalized spacial score (nSPS) is 19.4. The van der Waals surface area contributed by atoms with Crippen molar-refractivity contribution in [2.75, 3.05) is 13.1 Å². The first kappa shape index (κ1) is 17.3. The molecule has 3 aromatic rings. The van der Waals surface area contributed by atoms with Gasteiger partial charge in [-0.05, 0) is 37.5 Å². The second-order valence-electron chi connectivity index (χ2n) is 7.13. The van der Waals surface area contributed by atoms with E-state index in [1.165, 1.54) is 12.1 Å². The molecule has 0 N–H and O–H groups in total. The van der Waals surface area contributed by atoms with Crippen molar-refractivity contribution in [3.05, 3.63) is 46.6 Å². The minimum atomic E-state index is -0.470. The van der Waals surface area contributed by atoms with Crippen molar-refractivity contribution in [1.82, 2.24) is 30.0 Å². The largest absolute Gasteiger partial charge is 0.336 e. The van der Waals surface area contributed by atoms with E-state index in [4.69, 9.17) is 16.1 Å². The average Bonchev–Trinajstić information content (AvgIpc) is 3.11. The Kier molecular flexibility index (Phi) is 4.12. The fraction of sp³-hybridized carbons (Fsp3) is 0.389. The molecule has 1 atom stereocenters. The average molecular weight is 403 g/mol. The van der Waals surface area contributed by atoms with Crippen LogP contribution in [-0.4, -0.2) is 49.0 Å². The number of carbonyl (C=O) groups excluding carboxylic acids is 1. The molecule has 0 radical (unpaired) electrons. The number of aromatic nitrogens is 5. The van der Waals surface area contributed by atoms with Crippen LogP contribution in [0.15, 0.2) is 28.9 Å². The first-order valence-electron chi connectivity index (χ1n) is 9.08. The molecule has 1 aliphatic carbocycles. The van der Waals surface area contributed by atoms with Crippen LogP contribution in [0.3, 0.4) is 0 Å². The number of likely N-dealkylation sites (tertiary alicyclic amines) is 1. The van der Waals surface area contributed by atoms with E-state index in [1.807, 2.05) is 0 Å². The number of amides is 1. The molecule has 1 aromatic carbocycles. The van der Waals surface area contributed by atoms with Crippen molar-refractivity contribution in [1.29, 1.82) is 0 Å². The maximum absolute atomic E-state index is 13.2. The van der Waals surface area contributed by atoms with E-state index < -0.39 is 5.82 Å². The summed E-state index contributed by atoms with van der Waals surface area (Å²) in [5.74, 6) is 0.788. The highest BCUT2D eigenvalue weighted by Crippen LogP contribution is 2.38. The lowest BCUT2D eigenvalue weighted by molar-refractivity contribution is 0.0787. The van der Waals surface area contributed by atoms with Crippen molar-refractivity contribution in [2.24, 2.45) is 0 Å². The summed E-state index contributed by atoms with van der Waals surface area (Å²) < 4.78 is 20.2.